The summed E-state index contributed by atoms with van der Waals surface area (Å²) in [7, 11) is 0. The van der Waals surface area contributed by atoms with Crippen molar-refractivity contribution in [3.8, 4) is 0 Å². The van der Waals surface area contributed by atoms with Crippen LogP contribution in [0.3, 0.4) is 0 Å². The zero-order chi connectivity index (χ0) is 15.2. The Morgan fingerprint density at radius 2 is 2.00 bits per heavy atom. The molecule has 0 saturated heterocycles. The number of rotatable bonds is 6. The Morgan fingerprint density at radius 1 is 1.24 bits per heavy atom. The molecule has 1 unspecified atom stereocenters. The average molecular weight is 306 g/mol. The minimum Gasteiger partial charge on any atom is -0.368 e. The number of nitrogen functional groups attached to an aromatic ring is 1. The molecule has 2 rings (SSSR count). The second-order valence-corrected chi connectivity index (χ2v) is 5.35. The lowest BCUT2D eigenvalue weighted by atomic mass is 10.0. The van der Waals surface area contributed by atoms with Crippen molar-refractivity contribution in [2.24, 2.45) is 0 Å². The normalized spacial score (nSPS) is 12.1. The highest BCUT2D eigenvalue weighted by molar-refractivity contribution is 6.31. The third-order valence-corrected chi connectivity index (χ3v) is 3.68. The molecule has 2 aromatic rings. The summed E-state index contributed by atoms with van der Waals surface area (Å²) in [5, 5.41) is 4.13. The molecule has 0 amide bonds. The van der Waals surface area contributed by atoms with Gasteiger partial charge in [-0.1, -0.05) is 36.7 Å². The van der Waals surface area contributed by atoms with E-state index in [1.807, 2.05) is 18.2 Å². The zero-order valence-electron chi connectivity index (χ0n) is 12.3. The van der Waals surface area contributed by atoms with Crippen LogP contribution in [0.4, 0.5) is 11.9 Å². The summed E-state index contributed by atoms with van der Waals surface area (Å²) in [5.74, 6) is 1.39. The Hall–Kier alpha value is -1.88. The van der Waals surface area contributed by atoms with Crippen LogP contribution in [0.25, 0.3) is 0 Å². The second-order valence-electron chi connectivity index (χ2n) is 4.94. The lowest BCUT2D eigenvalue weighted by Crippen LogP contribution is -2.21. The third-order valence-electron chi connectivity index (χ3n) is 3.31. The number of nitrogens with two attached hydrogens (primary N) is 1. The van der Waals surface area contributed by atoms with E-state index in [0.29, 0.717) is 11.8 Å². The summed E-state index contributed by atoms with van der Waals surface area (Å²) >= 11 is 6.18. The molecular formula is C15H20ClN5. The van der Waals surface area contributed by atoms with Crippen molar-refractivity contribution in [1.82, 2.24) is 15.0 Å². The Bertz CT molecular complexity index is 582. The molecule has 0 fully saturated rings. The van der Waals surface area contributed by atoms with E-state index >= 15 is 0 Å². The topological polar surface area (TPSA) is 76.7 Å². The van der Waals surface area contributed by atoms with Crippen LogP contribution in [0.1, 0.15) is 31.2 Å². The van der Waals surface area contributed by atoms with E-state index in [9.17, 15) is 0 Å². The van der Waals surface area contributed by atoms with E-state index in [0.717, 1.165) is 29.8 Å². The lowest BCUT2D eigenvalue weighted by Gasteiger charge is -2.17. The summed E-state index contributed by atoms with van der Waals surface area (Å²) in [5.41, 5.74) is 6.80. The number of halogens is 1. The highest BCUT2D eigenvalue weighted by Gasteiger charge is 2.10. The Morgan fingerprint density at radius 3 is 2.67 bits per heavy atom. The largest absolute Gasteiger partial charge is 0.368 e. The molecule has 1 atom stereocenters. The molecule has 0 aliphatic heterocycles. The van der Waals surface area contributed by atoms with Crippen LogP contribution >= 0.6 is 11.6 Å². The molecule has 0 saturated carbocycles. The minimum absolute atomic E-state index is 0.242. The van der Waals surface area contributed by atoms with Crippen molar-refractivity contribution in [3.05, 3.63) is 40.7 Å². The molecule has 0 aliphatic rings. The SMILES string of the molecule is CCC(CCc1ccccc1Cl)Nc1nc(C)nc(N)n1. The van der Waals surface area contributed by atoms with Gasteiger partial charge in [0.1, 0.15) is 5.82 Å². The molecule has 5 nitrogen and oxygen atoms in total. The molecule has 0 aliphatic carbocycles. The Balaban J connectivity index is 1.98. The molecule has 0 bridgehead atoms. The number of benzene rings is 1. The molecule has 112 valence electrons. The van der Waals surface area contributed by atoms with Gasteiger partial charge < -0.3 is 11.1 Å². The zero-order valence-corrected chi connectivity index (χ0v) is 13.1. The fraction of sp³-hybridized carbons (Fsp3) is 0.400. The van der Waals surface area contributed by atoms with Gasteiger partial charge in [0.2, 0.25) is 11.9 Å². The lowest BCUT2D eigenvalue weighted by molar-refractivity contribution is 0.627. The molecule has 21 heavy (non-hydrogen) atoms. The number of hydrogen-bond acceptors (Lipinski definition) is 5. The van der Waals surface area contributed by atoms with Gasteiger partial charge in [0.05, 0.1) is 0 Å². The van der Waals surface area contributed by atoms with Gasteiger partial charge in [-0.25, -0.2) is 0 Å². The van der Waals surface area contributed by atoms with Crippen molar-refractivity contribution < 1.29 is 0 Å². The number of aromatic nitrogens is 3. The van der Waals surface area contributed by atoms with Crippen molar-refractivity contribution in [3.63, 3.8) is 0 Å². The van der Waals surface area contributed by atoms with Crippen LogP contribution in [0.5, 0.6) is 0 Å². The van der Waals surface area contributed by atoms with Crippen molar-refractivity contribution >= 4 is 23.5 Å². The van der Waals surface area contributed by atoms with Crippen molar-refractivity contribution in [1.29, 1.82) is 0 Å². The van der Waals surface area contributed by atoms with Gasteiger partial charge >= 0.3 is 0 Å². The van der Waals surface area contributed by atoms with Crippen LogP contribution in [-0.4, -0.2) is 21.0 Å². The van der Waals surface area contributed by atoms with Gasteiger partial charge in [-0.3, -0.25) is 0 Å². The predicted octanol–water partition coefficient (Wildman–Crippen LogP) is 3.24. The Labute approximate surface area is 130 Å². The molecule has 0 spiro atoms. The van der Waals surface area contributed by atoms with Crippen LogP contribution in [0.15, 0.2) is 24.3 Å². The molecule has 3 N–H and O–H groups in total. The fourth-order valence-electron chi connectivity index (χ4n) is 2.16. The summed E-state index contributed by atoms with van der Waals surface area (Å²) < 4.78 is 0. The minimum atomic E-state index is 0.242. The molecule has 6 heteroatoms. The van der Waals surface area contributed by atoms with Gasteiger partial charge in [0.15, 0.2) is 0 Å². The first-order valence-corrected chi connectivity index (χ1v) is 7.44. The molecule has 1 aromatic carbocycles. The van der Waals surface area contributed by atoms with Gasteiger partial charge in [-0.2, -0.15) is 15.0 Å². The first-order chi connectivity index (χ1) is 10.1. The monoisotopic (exact) mass is 305 g/mol. The highest BCUT2D eigenvalue weighted by Crippen LogP contribution is 2.18. The second kappa shape index (κ2) is 7.22. The van der Waals surface area contributed by atoms with E-state index in [1.54, 1.807) is 6.92 Å². The van der Waals surface area contributed by atoms with E-state index < -0.39 is 0 Å². The summed E-state index contributed by atoms with van der Waals surface area (Å²) in [4.78, 5) is 12.3. The van der Waals surface area contributed by atoms with Gasteiger partial charge in [0, 0.05) is 11.1 Å². The first-order valence-electron chi connectivity index (χ1n) is 7.06. The van der Waals surface area contributed by atoms with Crippen LogP contribution in [0.2, 0.25) is 5.02 Å². The number of nitrogens with zero attached hydrogens (tertiary/aromatic N) is 3. The maximum absolute atomic E-state index is 6.18. The smallest absolute Gasteiger partial charge is 0.227 e. The molecule has 1 aromatic heterocycles. The molecular weight excluding hydrogens is 286 g/mol. The van der Waals surface area contributed by atoms with Crippen LogP contribution in [0, 0.1) is 6.92 Å². The summed E-state index contributed by atoms with van der Waals surface area (Å²) in [6.07, 6.45) is 2.82. The maximum Gasteiger partial charge on any atom is 0.227 e. The summed E-state index contributed by atoms with van der Waals surface area (Å²) in [6, 6.07) is 8.19. The Kier molecular flexibility index (Phi) is 5.33. The third kappa shape index (κ3) is 4.56. The van der Waals surface area contributed by atoms with E-state index in [2.05, 4.69) is 33.3 Å². The van der Waals surface area contributed by atoms with E-state index in [1.165, 1.54) is 0 Å². The quantitative estimate of drug-likeness (QED) is 0.856. The number of hydrogen-bond donors (Lipinski definition) is 2. The molecule has 1 heterocycles. The van der Waals surface area contributed by atoms with E-state index in [4.69, 9.17) is 17.3 Å². The highest BCUT2D eigenvalue weighted by atomic mass is 35.5. The number of aryl methyl sites for hydroxylation is 2. The van der Waals surface area contributed by atoms with Crippen LogP contribution < -0.4 is 11.1 Å². The fourth-order valence-corrected chi connectivity index (χ4v) is 2.39. The number of anilines is 2. The molecule has 0 radical (unpaired) electrons. The van der Waals surface area contributed by atoms with Gasteiger partial charge in [-0.05, 0) is 37.8 Å². The van der Waals surface area contributed by atoms with Crippen LogP contribution in [-0.2, 0) is 6.42 Å². The predicted molar refractivity (Wildman–Crippen MR) is 86.5 cm³/mol. The van der Waals surface area contributed by atoms with E-state index in [-0.39, 0.29) is 12.0 Å². The summed E-state index contributed by atoms with van der Waals surface area (Å²) in [6.45, 7) is 3.93. The van der Waals surface area contributed by atoms with Crippen molar-refractivity contribution in [2.45, 2.75) is 39.2 Å². The van der Waals surface area contributed by atoms with Gasteiger partial charge in [-0.15, -0.1) is 0 Å². The standard InChI is InChI=1S/C15H20ClN5/c1-3-12(9-8-11-6-4-5-7-13(11)16)20-15-19-10(2)18-14(17)21-15/h4-7,12H,3,8-9H2,1-2H3,(H3,17,18,19,20,21). The van der Waals surface area contributed by atoms with Gasteiger partial charge in [0.25, 0.3) is 0 Å². The maximum atomic E-state index is 6.18. The average Bonchev–Trinajstić information content (AvgIpc) is 2.44. The first kappa shape index (κ1) is 15.5. The van der Waals surface area contributed by atoms with Crippen molar-refractivity contribution in [2.75, 3.05) is 11.1 Å². The number of nitrogens with one attached hydrogen (secondary N) is 1.